The fourth-order valence-electron chi connectivity index (χ4n) is 2.06. The summed E-state index contributed by atoms with van der Waals surface area (Å²) in [5.74, 6) is 0.526. The van der Waals surface area contributed by atoms with Crippen LogP contribution in [0.25, 0.3) is 0 Å². The Kier molecular flexibility index (Phi) is 5.74. The Bertz CT molecular complexity index is 732. The van der Waals surface area contributed by atoms with Crippen LogP contribution < -0.4 is 14.8 Å². The summed E-state index contributed by atoms with van der Waals surface area (Å²) in [5, 5.41) is 3.69. The number of nitrogens with one attached hydrogen (secondary N) is 1. The lowest BCUT2D eigenvalue weighted by Crippen LogP contribution is -2.13. The molecule has 0 spiro atoms. The number of ether oxygens (including phenoxy) is 2. The summed E-state index contributed by atoms with van der Waals surface area (Å²) in [6.45, 7) is 4.18. The van der Waals surface area contributed by atoms with E-state index in [0.717, 1.165) is 5.56 Å². The third-order valence-corrected chi connectivity index (χ3v) is 3.74. The fraction of sp³-hybridized carbons (Fsp3) is 0.235. The predicted molar refractivity (Wildman–Crippen MR) is 93.3 cm³/mol. The fourth-order valence-corrected chi connectivity index (χ4v) is 2.50. The quantitative estimate of drug-likeness (QED) is 0.825. The first kappa shape index (κ1) is 17.4. The molecule has 0 fully saturated rings. The number of methoxy groups -OCH3 is 1. The number of hydrogen-bond acceptors (Lipinski definition) is 3. The van der Waals surface area contributed by atoms with Gasteiger partial charge < -0.3 is 14.8 Å². The third-order valence-electron chi connectivity index (χ3n) is 3.23. The number of anilines is 1. The molecule has 0 atom stereocenters. The number of carbonyl (C=O) groups is 1. The van der Waals surface area contributed by atoms with Crippen LogP contribution in [0.1, 0.15) is 22.8 Å². The molecule has 6 heteroatoms. The van der Waals surface area contributed by atoms with Crippen molar-refractivity contribution in [2.45, 2.75) is 13.8 Å². The molecular weight excluding hydrogens is 337 g/mol. The van der Waals surface area contributed by atoms with Gasteiger partial charge in [-0.05, 0) is 43.7 Å². The van der Waals surface area contributed by atoms with E-state index in [9.17, 15) is 4.79 Å². The van der Waals surface area contributed by atoms with Gasteiger partial charge in [0, 0.05) is 16.3 Å². The summed E-state index contributed by atoms with van der Waals surface area (Å²) in [7, 11) is 1.50. The van der Waals surface area contributed by atoms with E-state index in [1.165, 1.54) is 7.11 Å². The maximum Gasteiger partial charge on any atom is 0.255 e. The van der Waals surface area contributed by atoms with Crippen molar-refractivity contribution >= 4 is 34.8 Å². The lowest BCUT2D eigenvalue weighted by atomic mass is 10.1. The molecule has 0 radical (unpaired) electrons. The van der Waals surface area contributed by atoms with Crippen molar-refractivity contribution in [3.8, 4) is 11.5 Å². The zero-order valence-electron chi connectivity index (χ0n) is 13.1. The van der Waals surface area contributed by atoms with E-state index in [1.54, 1.807) is 24.3 Å². The monoisotopic (exact) mass is 353 g/mol. The number of rotatable bonds is 5. The van der Waals surface area contributed by atoms with Gasteiger partial charge >= 0.3 is 0 Å². The van der Waals surface area contributed by atoms with Crippen LogP contribution in [0.15, 0.2) is 30.3 Å². The minimum absolute atomic E-state index is 0.307. The lowest BCUT2D eigenvalue weighted by molar-refractivity contribution is 0.102. The van der Waals surface area contributed by atoms with E-state index >= 15 is 0 Å². The van der Waals surface area contributed by atoms with Gasteiger partial charge in [0.25, 0.3) is 5.91 Å². The number of hydrogen-bond donors (Lipinski definition) is 1. The van der Waals surface area contributed by atoms with Crippen molar-refractivity contribution in [1.82, 2.24) is 0 Å². The Balaban J connectivity index is 2.32. The molecule has 4 nitrogen and oxygen atoms in total. The number of amides is 1. The number of carbonyl (C=O) groups excluding carboxylic acids is 1. The normalized spacial score (nSPS) is 10.3. The molecule has 0 aromatic heterocycles. The van der Waals surface area contributed by atoms with Crippen molar-refractivity contribution in [3.05, 3.63) is 51.5 Å². The van der Waals surface area contributed by atoms with Gasteiger partial charge in [-0.3, -0.25) is 4.79 Å². The Hall–Kier alpha value is -1.91. The van der Waals surface area contributed by atoms with Crippen LogP contribution in [0, 0.1) is 6.92 Å². The maximum atomic E-state index is 12.5. The van der Waals surface area contributed by atoms with Crippen LogP contribution in [0.2, 0.25) is 10.0 Å². The van der Waals surface area contributed by atoms with Crippen LogP contribution in [0.4, 0.5) is 5.69 Å². The second-order valence-electron chi connectivity index (χ2n) is 4.84. The van der Waals surface area contributed by atoms with Gasteiger partial charge in [0.05, 0.1) is 18.7 Å². The van der Waals surface area contributed by atoms with E-state index in [2.05, 4.69) is 5.32 Å². The standard InChI is InChI=1S/C17H17Cl2NO3/c1-4-23-16-13(19)7-11(8-15(16)22-3)17(21)20-14-9-12(18)6-5-10(14)2/h5-9H,4H2,1-3H3,(H,20,21). The highest BCUT2D eigenvalue weighted by Gasteiger charge is 2.16. The molecule has 2 aromatic carbocycles. The van der Waals surface area contributed by atoms with Gasteiger partial charge in [-0.1, -0.05) is 29.3 Å². The SMILES string of the molecule is CCOc1c(Cl)cc(C(=O)Nc2cc(Cl)ccc2C)cc1OC. The topological polar surface area (TPSA) is 47.6 Å². The van der Waals surface area contributed by atoms with E-state index < -0.39 is 0 Å². The molecule has 2 aromatic rings. The first-order valence-corrected chi connectivity index (χ1v) is 7.79. The van der Waals surface area contributed by atoms with Crippen LogP contribution in [0.5, 0.6) is 11.5 Å². The first-order chi connectivity index (χ1) is 11.0. The molecule has 0 unspecified atom stereocenters. The second-order valence-corrected chi connectivity index (χ2v) is 5.68. The largest absolute Gasteiger partial charge is 0.493 e. The van der Waals surface area contributed by atoms with Crippen molar-refractivity contribution < 1.29 is 14.3 Å². The van der Waals surface area contributed by atoms with Crippen LogP contribution >= 0.6 is 23.2 Å². The molecule has 0 aliphatic rings. The van der Waals surface area contributed by atoms with Gasteiger partial charge in [-0.2, -0.15) is 0 Å². The van der Waals surface area contributed by atoms with Crippen LogP contribution in [-0.2, 0) is 0 Å². The van der Waals surface area contributed by atoms with Gasteiger partial charge in [-0.15, -0.1) is 0 Å². The summed E-state index contributed by atoms with van der Waals surface area (Å²) >= 11 is 12.2. The summed E-state index contributed by atoms with van der Waals surface area (Å²) in [5.41, 5.74) is 1.92. The average Bonchev–Trinajstić information content (AvgIpc) is 2.52. The highest BCUT2D eigenvalue weighted by molar-refractivity contribution is 6.33. The van der Waals surface area contributed by atoms with E-state index in [4.69, 9.17) is 32.7 Å². The number of benzene rings is 2. The van der Waals surface area contributed by atoms with E-state index in [0.29, 0.717) is 39.4 Å². The summed E-state index contributed by atoms with van der Waals surface area (Å²) in [4.78, 5) is 12.5. The van der Waals surface area contributed by atoms with Gasteiger partial charge in [0.15, 0.2) is 11.5 Å². The van der Waals surface area contributed by atoms with Crippen LogP contribution in [0.3, 0.4) is 0 Å². The molecule has 2 rings (SSSR count). The zero-order valence-corrected chi connectivity index (χ0v) is 14.6. The molecule has 122 valence electrons. The molecule has 1 N–H and O–H groups in total. The molecule has 0 heterocycles. The van der Waals surface area contributed by atoms with Gasteiger partial charge in [0.2, 0.25) is 0 Å². The molecule has 0 aliphatic heterocycles. The first-order valence-electron chi connectivity index (χ1n) is 7.04. The summed E-state index contributed by atoms with van der Waals surface area (Å²) < 4.78 is 10.7. The van der Waals surface area contributed by atoms with Gasteiger partial charge in [-0.25, -0.2) is 0 Å². The lowest BCUT2D eigenvalue weighted by Gasteiger charge is -2.14. The Morgan fingerprint density at radius 3 is 2.61 bits per heavy atom. The van der Waals surface area contributed by atoms with E-state index in [1.807, 2.05) is 19.9 Å². The molecule has 0 aliphatic carbocycles. The molecule has 0 saturated heterocycles. The zero-order chi connectivity index (χ0) is 17.0. The molecule has 0 saturated carbocycles. The predicted octanol–water partition coefficient (Wildman–Crippen LogP) is 4.96. The molecule has 1 amide bonds. The Labute approximate surface area is 145 Å². The van der Waals surface area contributed by atoms with Crippen molar-refractivity contribution in [3.63, 3.8) is 0 Å². The highest BCUT2D eigenvalue weighted by atomic mass is 35.5. The minimum Gasteiger partial charge on any atom is -0.493 e. The summed E-state index contributed by atoms with van der Waals surface area (Å²) in [6, 6.07) is 8.44. The Morgan fingerprint density at radius 2 is 1.96 bits per heavy atom. The molecule has 0 bridgehead atoms. The highest BCUT2D eigenvalue weighted by Crippen LogP contribution is 2.36. The van der Waals surface area contributed by atoms with Gasteiger partial charge in [0.1, 0.15) is 0 Å². The summed E-state index contributed by atoms with van der Waals surface area (Å²) in [6.07, 6.45) is 0. The smallest absolute Gasteiger partial charge is 0.255 e. The van der Waals surface area contributed by atoms with Crippen molar-refractivity contribution in [1.29, 1.82) is 0 Å². The molecular formula is C17H17Cl2NO3. The van der Waals surface area contributed by atoms with Crippen molar-refractivity contribution in [2.75, 3.05) is 19.0 Å². The maximum absolute atomic E-state index is 12.5. The molecule has 23 heavy (non-hydrogen) atoms. The van der Waals surface area contributed by atoms with E-state index in [-0.39, 0.29) is 5.91 Å². The number of halogens is 2. The van der Waals surface area contributed by atoms with Crippen molar-refractivity contribution in [2.24, 2.45) is 0 Å². The van der Waals surface area contributed by atoms with Crippen LogP contribution in [-0.4, -0.2) is 19.6 Å². The number of aryl methyl sites for hydroxylation is 1. The second kappa shape index (κ2) is 7.57. The average molecular weight is 354 g/mol. The minimum atomic E-state index is -0.307. The third kappa shape index (κ3) is 4.09. The Morgan fingerprint density at radius 1 is 1.22 bits per heavy atom.